The number of rotatable bonds is 7. The largest absolute Gasteiger partial charge is 0.465 e. The van der Waals surface area contributed by atoms with E-state index in [-0.39, 0.29) is 41.3 Å². The van der Waals surface area contributed by atoms with Crippen molar-refractivity contribution in [3.8, 4) is 0 Å². The Balaban J connectivity index is 1.73. The summed E-state index contributed by atoms with van der Waals surface area (Å²) in [4.78, 5) is 24.6. The lowest BCUT2D eigenvalue weighted by molar-refractivity contribution is -0.137. The Morgan fingerprint density at radius 2 is 1.65 bits per heavy atom. The fraction of sp³-hybridized carbons (Fsp3) is 0.680. The third-order valence-electron chi connectivity index (χ3n) is 7.27. The predicted molar refractivity (Wildman–Crippen MR) is 131 cm³/mol. The van der Waals surface area contributed by atoms with Crippen LogP contribution in [0.4, 0.5) is 18.0 Å². The number of carbonyl (C=O) groups is 2. The first kappa shape index (κ1) is 29.2. The van der Waals surface area contributed by atoms with Gasteiger partial charge in [-0.25, -0.2) is 13.2 Å². The van der Waals surface area contributed by atoms with Gasteiger partial charge in [0, 0.05) is 19.1 Å². The van der Waals surface area contributed by atoms with Gasteiger partial charge in [-0.2, -0.15) is 17.5 Å². The Kier molecular flexibility index (Phi) is 7.97. The van der Waals surface area contributed by atoms with Crippen molar-refractivity contribution in [1.29, 1.82) is 0 Å². The van der Waals surface area contributed by atoms with Gasteiger partial charge in [-0.05, 0) is 66.2 Å². The van der Waals surface area contributed by atoms with E-state index in [1.807, 2.05) is 34.6 Å². The lowest BCUT2D eigenvalue weighted by Crippen LogP contribution is -2.57. The van der Waals surface area contributed by atoms with E-state index in [1.165, 1.54) is 4.31 Å². The second-order valence-corrected chi connectivity index (χ2v) is 14.0. The van der Waals surface area contributed by atoms with Crippen LogP contribution in [0.3, 0.4) is 0 Å². The van der Waals surface area contributed by atoms with Gasteiger partial charge < -0.3 is 15.7 Å². The summed E-state index contributed by atoms with van der Waals surface area (Å²) in [6.07, 6.45) is -3.98. The average Bonchev–Trinajstić information content (AvgIpc) is 3.32. The predicted octanol–water partition coefficient (Wildman–Crippen LogP) is 4.32. The first-order valence-electron chi connectivity index (χ1n) is 12.3. The number of nitrogens with one attached hydrogen (secondary N) is 2. The monoisotopic (exact) mass is 547 g/mol. The molecule has 1 aromatic carbocycles. The van der Waals surface area contributed by atoms with Crippen molar-refractivity contribution in [3.63, 3.8) is 0 Å². The van der Waals surface area contributed by atoms with Gasteiger partial charge in [0.2, 0.25) is 15.9 Å². The van der Waals surface area contributed by atoms with Crippen LogP contribution < -0.4 is 10.6 Å². The number of benzene rings is 1. The summed E-state index contributed by atoms with van der Waals surface area (Å²) in [5, 5.41) is 14.7. The smallest absolute Gasteiger partial charge is 0.416 e. The second-order valence-electron chi connectivity index (χ2n) is 12.1. The van der Waals surface area contributed by atoms with Gasteiger partial charge in [0.25, 0.3) is 0 Å². The first-order valence-corrected chi connectivity index (χ1v) is 13.7. The molecule has 1 heterocycles. The van der Waals surface area contributed by atoms with E-state index in [9.17, 15) is 36.3 Å². The second kappa shape index (κ2) is 10.1. The maximum atomic E-state index is 13.3. The molecule has 37 heavy (non-hydrogen) atoms. The van der Waals surface area contributed by atoms with Crippen molar-refractivity contribution in [3.05, 3.63) is 29.8 Å². The number of amides is 2. The molecule has 3 N–H and O–H groups in total. The van der Waals surface area contributed by atoms with E-state index in [0.29, 0.717) is 19.3 Å². The Morgan fingerprint density at radius 3 is 2.16 bits per heavy atom. The third-order valence-corrected chi connectivity index (χ3v) is 9.11. The van der Waals surface area contributed by atoms with Crippen molar-refractivity contribution in [2.45, 2.75) is 77.0 Å². The van der Waals surface area contributed by atoms with Crippen LogP contribution in [0.25, 0.3) is 0 Å². The highest BCUT2D eigenvalue weighted by atomic mass is 32.2. The van der Waals surface area contributed by atoms with Crippen LogP contribution in [-0.2, 0) is 21.0 Å². The summed E-state index contributed by atoms with van der Waals surface area (Å²) in [6.45, 7) is 10.0. The number of fused-ring (bicyclic) bond motifs is 1. The molecule has 0 unspecified atom stereocenters. The molecule has 208 valence electrons. The van der Waals surface area contributed by atoms with Crippen LogP contribution in [0, 0.1) is 22.7 Å². The average molecular weight is 548 g/mol. The van der Waals surface area contributed by atoms with E-state index >= 15 is 0 Å². The molecule has 1 saturated carbocycles. The Morgan fingerprint density at radius 1 is 1.05 bits per heavy atom. The molecule has 2 amide bonds. The number of carbonyl (C=O) groups excluding carboxylic acids is 1. The maximum Gasteiger partial charge on any atom is 0.416 e. The lowest BCUT2D eigenvalue weighted by Gasteiger charge is -2.38. The van der Waals surface area contributed by atoms with Gasteiger partial charge in [0.05, 0.1) is 10.5 Å². The summed E-state index contributed by atoms with van der Waals surface area (Å²) < 4.78 is 66.1. The Hall–Kier alpha value is -2.34. The highest BCUT2D eigenvalue weighted by Crippen LogP contribution is 2.41. The molecule has 1 aromatic rings. The zero-order valence-electron chi connectivity index (χ0n) is 21.7. The Bertz CT molecular complexity index is 1110. The van der Waals surface area contributed by atoms with E-state index in [4.69, 9.17) is 0 Å². The lowest BCUT2D eigenvalue weighted by atomic mass is 9.71. The zero-order chi connectivity index (χ0) is 28.0. The van der Waals surface area contributed by atoms with E-state index in [1.54, 1.807) is 0 Å². The van der Waals surface area contributed by atoms with Gasteiger partial charge >= 0.3 is 12.3 Å². The standard InChI is InChI=1S/C25H36F3N3O5S/c1-23(2,3)14-24(4,5)20(30-22(33)34)21(32)29-19-11-6-15-12-31(13-18(15)19)37(35,36)17-9-7-16(8-10-17)25(26,27)28/h7-10,15,18-20,30H,6,11-14H2,1-5H3,(H,29,32)(H,33,34)/t15-,18+,19+,20-/m1/s1. The molecule has 12 heteroatoms. The number of alkyl halides is 3. The molecular formula is C25H36F3N3O5S. The minimum Gasteiger partial charge on any atom is -0.465 e. The molecule has 4 atom stereocenters. The molecular weight excluding hydrogens is 511 g/mol. The molecule has 2 fully saturated rings. The molecule has 8 nitrogen and oxygen atoms in total. The summed E-state index contributed by atoms with van der Waals surface area (Å²) in [6, 6.07) is 2.09. The van der Waals surface area contributed by atoms with Gasteiger partial charge in [-0.1, -0.05) is 34.6 Å². The number of halogens is 3. The maximum absolute atomic E-state index is 13.3. The van der Waals surface area contributed by atoms with Crippen LogP contribution >= 0.6 is 0 Å². The van der Waals surface area contributed by atoms with E-state index in [2.05, 4.69) is 10.6 Å². The fourth-order valence-electron chi connectivity index (χ4n) is 6.04. The van der Waals surface area contributed by atoms with Crippen molar-refractivity contribution >= 4 is 22.0 Å². The minimum absolute atomic E-state index is 0.0111. The molecule has 0 bridgehead atoms. The highest BCUT2D eigenvalue weighted by molar-refractivity contribution is 7.89. The molecule has 1 aliphatic heterocycles. The molecule has 0 spiro atoms. The van der Waals surface area contributed by atoms with Crippen molar-refractivity contribution in [2.75, 3.05) is 13.1 Å². The number of nitrogens with zero attached hydrogens (tertiary/aromatic N) is 1. The Labute approximate surface area is 216 Å². The van der Waals surface area contributed by atoms with Crippen molar-refractivity contribution in [2.24, 2.45) is 22.7 Å². The molecule has 0 aromatic heterocycles. The molecule has 0 radical (unpaired) electrons. The number of carboxylic acid groups (broad SMARTS) is 1. The van der Waals surface area contributed by atoms with Crippen LogP contribution in [0.1, 0.15) is 59.4 Å². The van der Waals surface area contributed by atoms with Gasteiger partial charge in [-0.15, -0.1) is 0 Å². The summed E-state index contributed by atoms with van der Waals surface area (Å²) >= 11 is 0. The summed E-state index contributed by atoms with van der Waals surface area (Å²) in [7, 11) is -4.01. The highest BCUT2D eigenvalue weighted by Gasteiger charge is 2.48. The quantitative estimate of drug-likeness (QED) is 0.470. The molecule has 3 rings (SSSR count). The summed E-state index contributed by atoms with van der Waals surface area (Å²) in [5.74, 6) is -0.640. The topological polar surface area (TPSA) is 116 Å². The van der Waals surface area contributed by atoms with Crippen LogP contribution in [-0.4, -0.2) is 55.0 Å². The van der Waals surface area contributed by atoms with Gasteiger partial charge in [0.1, 0.15) is 6.04 Å². The van der Waals surface area contributed by atoms with E-state index < -0.39 is 45.2 Å². The fourth-order valence-corrected chi connectivity index (χ4v) is 7.57. The third kappa shape index (κ3) is 6.76. The van der Waals surface area contributed by atoms with Gasteiger partial charge in [-0.3, -0.25) is 4.79 Å². The van der Waals surface area contributed by atoms with Gasteiger partial charge in [0.15, 0.2) is 0 Å². The molecule has 1 saturated heterocycles. The first-order chi connectivity index (χ1) is 16.8. The SMILES string of the molecule is CC(C)(C)CC(C)(C)[C@H](NC(=O)O)C(=O)N[C@H]1CC[C@@H]2CN(S(=O)(=O)c3ccc(C(F)(F)F)cc3)C[C@@H]21. The van der Waals surface area contributed by atoms with Crippen molar-refractivity contribution < 1.29 is 36.3 Å². The zero-order valence-corrected chi connectivity index (χ0v) is 22.5. The molecule has 2 aliphatic rings. The number of sulfonamides is 1. The molecule has 1 aliphatic carbocycles. The van der Waals surface area contributed by atoms with E-state index in [0.717, 1.165) is 24.3 Å². The number of hydrogen-bond donors (Lipinski definition) is 3. The minimum atomic E-state index is -4.56. The summed E-state index contributed by atoms with van der Waals surface area (Å²) in [5.41, 5.74) is -1.77. The normalized spacial score (nSPS) is 23.9. The van der Waals surface area contributed by atoms with Crippen LogP contribution in [0.2, 0.25) is 0 Å². The van der Waals surface area contributed by atoms with Crippen LogP contribution in [0.5, 0.6) is 0 Å². The van der Waals surface area contributed by atoms with Crippen molar-refractivity contribution in [1.82, 2.24) is 14.9 Å². The number of hydrogen-bond acceptors (Lipinski definition) is 4. The van der Waals surface area contributed by atoms with Crippen LogP contribution in [0.15, 0.2) is 29.2 Å².